The lowest BCUT2D eigenvalue weighted by molar-refractivity contribution is -0.136. The number of nitrogens with zero attached hydrogens (tertiary/aromatic N) is 1. The molecular weight excluding hydrogens is 269 g/mol. The molecule has 3 nitrogen and oxygen atoms in total. The van der Waals surface area contributed by atoms with Crippen LogP contribution in [0, 0.1) is 0 Å². The Kier molecular flexibility index (Phi) is 3.92. The second-order valence-corrected chi connectivity index (χ2v) is 4.99. The Morgan fingerprint density at radius 1 is 1.40 bits per heavy atom. The van der Waals surface area contributed by atoms with E-state index in [0.29, 0.717) is 6.54 Å². The summed E-state index contributed by atoms with van der Waals surface area (Å²) in [5.74, 6) is -0.405. The number of hydrogen-bond donors (Lipinski definition) is 1. The Balaban J connectivity index is 2.34. The molecule has 0 aliphatic heterocycles. The van der Waals surface area contributed by atoms with Crippen LogP contribution in [-0.4, -0.2) is 23.4 Å². The summed E-state index contributed by atoms with van der Waals surface area (Å²) in [6.45, 7) is 2.47. The number of para-hydroxylation sites is 1. The first kappa shape index (κ1) is 14.7. The van der Waals surface area contributed by atoms with Crippen LogP contribution >= 0.6 is 0 Å². The minimum absolute atomic E-state index is 0.0554. The Hall–Kier alpha value is -1.72. The number of rotatable bonds is 4. The van der Waals surface area contributed by atoms with E-state index < -0.39 is 23.3 Å². The molecule has 1 aromatic rings. The molecule has 6 heteroatoms. The van der Waals surface area contributed by atoms with Gasteiger partial charge in [0.15, 0.2) is 0 Å². The second-order valence-electron chi connectivity index (χ2n) is 4.99. The number of hydrogen-bond acceptors (Lipinski definition) is 2. The third-order valence-corrected chi connectivity index (χ3v) is 3.35. The van der Waals surface area contributed by atoms with Crippen molar-refractivity contribution in [2.24, 2.45) is 0 Å². The predicted molar refractivity (Wildman–Crippen MR) is 70.2 cm³/mol. The average molecular weight is 286 g/mol. The zero-order valence-corrected chi connectivity index (χ0v) is 11.2. The summed E-state index contributed by atoms with van der Waals surface area (Å²) in [4.78, 5) is 14.0. The SMILES string of the molecule is CCCN(C(=O)c1cccc(C(F)(F)F)c1N)C1CC1. The monoisotopic (exact) mass is 286 g/mol. The van der Waals surface area contributed by atoms with Crippen molar-refractivity contribution in [3.05, 3.63) is 29.3 Å². The number of alkyl halides is 3. The highest BCUT2D eigenvalue weighted by atomic mass is 19.4. The van der Waals surface area contributed by atoms with Crippen molar-refractivity contribution < 1.29 is 18.0 Å². The minimum atomic E-state index is -4.55. The Bertz CT molecular complexity index is 510. The zero-order chi connectivity index (χ0) is 14.9. The highest BCUT2D eigenvalue weighted by molar-refractivity contribution is 6.00. The second kappa shape index (κ2) is 5.34. The molecular formula is C14H17F3N2O. The number of carbonyl (C=O) groups is 1. The van der Waals surface area contributed by atoms with Crippen LogP contribution in [0.1, 0.15) is 42.1 Å². The van der Waals surface area contributed by atoms with E-state index in [1.54, 1.807) is 4.90 Å². The lowest BCUT2D eigenvalue weighted by Gasteiger charge is -2.23. The maximum absolute atomic E-state index is 12.8. The molecule has 1 fully saturated rings. The van der Waals surface area contributed by atoms with Crippen LogP contribution in [0.2, 0.25) is 0 Å². The van der Waals surface area contributed by atoms with Crippen LogP contribution in [0.25, 0.3) is 0 Å². The molecule has 0 bridgehead atoms. The van der Waals surface area contributed by atoms with Crippen LogP contribution in [0.4, 0.5) is 18.9 Å². The molecule has 0 heterocycles. The molecule has 1 saturated carbocycles. The van der Waals surface area contributed by atoms with Gasteiger partial charge in [-0.1, -0.05) is 13.0 Å². The molecule has 0 atom stereocenters. The Labute approximate surface area is 115 Å². The van der Waals surface area contributed by atoms with Gasteiger partial charge in [0.25, 0.3) is 5.91 Å². The molecule has 1 aliphatic carbocycles. The van der Waals surface area contributed by atoms with Gasteiger partial charge in [-0.05, 0) is 31.4 Å². The van der Waals surface area contributed by atoms with Gasteiger partial charge in [0, 0.05) is 12.6 Å². The van der Waals surface area contributed by atoms with Crippen molar-refractivity contribution in [3.8, 4) is 0 Å². The van der Waals surface area contributed by atoms with Gasteiger partial charge in [-0.25, -0.2) is 0 Å². The largest absolute Gasteiger partial charge is 0.418 e. The van der Waals surface area contributed by atoms with E-state index in [0.717, 1.165) is 25.3 Å². The molecule has 0 spiro atoms. The van der Waals surface area contributed by atoms with Gasteiger partial charge in [0.1, 0.15) is 0 Å². The molecule has 20 heavy (non-hydrogen) atoms. The highest BCUT2D eigenvalue weighted by Gasteiger charge is 2.37. The summed E-state index contributed by atoms with van der Waals surface area (Å²) in [5.41, 5.74) is 4.07. The fraction of sp³-hybridized carbons (Fsp3) is 0.500. The number of anilines is 1. The van der Waals surface area contributed by atoms with Gasteiger partial charge >= 0.3 is 6.18 Å². The summed E-state index contributed by atoms with van der Waals surface area (Å²) >= 11 is 0. The van der Waals surface area contributed by atoms with Crippen LogP contribution < -0.4 is 5.73 Å². The average Bonchev–Trinajstić information content (AvgIpc) is 3.18. The number of nitrogens with two attached hydrogens (primary N) is 1. The van der Waals surface area contributed by atoms with E-state index in [1.165, 1.54) is 12.1 Å². The molecule has 1 aromatic carbocycles. The summed E-state index contributed by atoms with van der Waals surface area (Å²) in [7, 11) is 0. The van der Waals surface area contributed by atoms with Crippen LogP contribution in [0.3, 0.4) is 0 Å². The summed E-state index contributed by atoms with van der Waals surface area (Å²) in [6.07, 6.45) is -1.97. The maximum Gasteiger partial charge on any atom is 0.418 e. The van der Waals surface area contributed by atoms with Crippen molar-refractivity contribution in [1.82, 2.24) is 4.90 Å². The van der Waals surface area contributed by atoms with Crippen LogP contribution in [-0.2, 0) is 6.18 Å². The summed E-state index contributed by atoms with van der Waals surface area (Å²) in [6, 6.07) is 3.63. The molecule has 2 rings (SSSR count). The van der Waals surface area contributed by atoms with E-state index in [2.05, 4.69) is 0 Å². The lowest BCUT2D eigenvalue weighted by atomic mass is 10.1. The van der Waals surface area contributed by atoms with Gasteiger partial charge in [-0.2, -0.15) is 13.2 Å². The summed E-state index contributed by atoms with van der Waals surface area (Å²) in [5, 5.41) is 0. The standard InChI is InChI=1S/C14H17F3N2O/c1-2-8-19(9-6-7-9)13(20)10-4-3-5-11(12(10)18)14(15,16)17/h3-5,9H,2,6-8,18H2,1H3. The maximum atomic E-state index is 12.8. The highest BCUT2D eigenvalue weighted by Crippen LogP contribution is 2.36. The minimum Gasteiger partial charge on any atom is -0.398 e. The number of carbonyl (C=O) groups excluding carboxylic acids is 1. The number of nitrogen functional groups attached to an aromatic ring is 1. The van der Waals surface area contributed by atoms with E-state index in [4.69, 9.17) is 5.73 Å². The molecule has 0 aromatic heterocycles. The predicted octanol–water partition coefficient (Wildman–Crippen LogP) is 3.30. The first-order chi connectivity index (χ1) is 9.36. The van der Waals surface area contributed by atoms with Gasteiger partial charge in [0.2, 0.25) is 0 Å². The molecule has 0 radical (unpaired) electrons. The molecule has 0 unspecified atom stereocenters. The first-order valence-electron chi connectivity index (χ1n) is 6.63. The molecule has 110 valence electrons. The van der Waals surface area contributed by atoms with E-state index in [-0.39, 0.29) is 11.6 Å². The van der Waals surface area contributed by atoms with E-state index in [9.17, 15) is 18.0 Å². The smallest absolute Gasteiger partial charge is 0.398 e. The fourth-order valence-corrected chi connectivity index (χ4v) is 2.23. The zero-order valence-electron chi connectivity index (χ0n) is 11.2. The van der Waals surface area contributed by atoms with Gasteiger partial charge in [-0.3, -0.25) is 4.79 Å². The number of amides is 1. The lowest BCUT2D eigenvalue weighted by Crippen LogP contribution is -2.34. The van der Waals surface area contributed by atoms with Crippen molar-refractivity contribution in [1.29, 1.82) is 0 Å². The van der Waals surface area contributed by atoms with Crippen molar-refractivity contribution in [2.45, 2.75) is 38.4 Å². The van der Waals surface area contributed by atoms with Gasteiger partial charge < -0.3 is 10.6 Å². The number of benzene rings is 1. The van der Waals surface area contributed by atoms with Crippen molar-refractivity contribution in [3.63, 3.8) is 0 Å². The third kappa shape index (κ3) is 2.89. The van der Waals surface area contributed by atoms with Gasteiger partial charge in [0.05, 0.1) is 16.8 Å². The van der Waals surface area contributed by atoms with E-state index >= 15 is 0 Å². The fourth-order valence-electron chi connectivity index (χ4n) is 2.23. The van der Waals surface area contributed by atoms with E-state index in [1.807, 2.05) is 6.92 Å². The van der Waals surface area contributed by atoms with Gasteiger partial charge in [-0.15, -0.1) is 0 Å². The van der Waals surface area contributed by atoms with Crippen LogP contribution in [0.5, 0.6) is 0 Å². The van der Waals surface area contributed by atoms with Crippen molar-refractivity contribution in [2.75, 3.05) is 12.3 Å². The quantitative estimate of drug-likeness (QED) is 0.863. The number of halogens is 3. The molecule has 0 saturated heterocycles. The topological polar surface area (TPSA) is 46.3 Å². The first-order valence-corrected chi connectivity index (χ1v) is 6.63. The molecule has 1 aliphatic rings. The normalized spacial score (nSPS) is 15.2. The molecule has 2 N–H and O–H groups in total. The van der Waals surface area contributed by atoms with Crippen LogP contribution in [0.15, 0.2) is 18.2 Å². The van der Waals surface area contributed by atoms with Crippen molar-refractivity contribution >= 4 is 11.6 Å². The summed E-state index contributed by atoms with van der Waals surface area (Å²) < 4.78 is 38.4. The Morgan fingerprint density at radius 2 is 2.05 bits per heavy atom. The molecule has 1 amide bonds. The third-order valence-electron chi connectivity index (χ3n) is 3.35. The Morgan fingerprint density at radius 3 is 2.55 bits per heavy atom.